The number of nitrogens with zero attached hydrogens (tertiary/aromatic N) is 2. The molecule has 0 aromatic carbocycles. The van der Waals surface area contributed by atoms with Crippen molar-refractivity contribution in [2.24, 2.45) is 0 Å². The van der Waals surface area contributed by atoms with Gasteiger partial charge in [-0.05, 0) is 25.5 Å². The maximum atomic E-state index is 5.83. The smallest absolute Gasteiger partial charge is 0.128 e. The fraction of sp³-hybridized carbons (Fsp3) is 0.583. The molecular formula is C12H17ClN2O. The molecule has 2 heterocycles. The molecule has 2 atom stereocenters. The maximum Gasteiger partial charge on any atom is 0.128 e. The summed E-state index contributed by atoms with van der Waals surface area (Å²) in [4.78, 5) is 6.71. The lowest BCUT2D eigenvalue weighted by Gasteiger charge is -2.38. The summed E-state index contributed by atoms with van der Waals surface area (Å²) in [6, 6.07) is 4.50. The quantitative estimate of drug-likeness (QED) is 0.742. The molecule has 1 aromatic heterocycles. The van der Waals surface area contributed by atoms with Crippen LogP contribution in [-0.4, -0.2) is 36.2 Å². The van der Waals surface area contributed by atoms with Crippen molar-refractivity contribution in [3.05, 3.63) is 23.9 Å². The van der Waals surface area contributed by atoms with Gasteiger partial charge in [-0.25, -0.2) is 4.98 Å². The minimum atomic E-state index is 0.112. The Hall–Kier alpha value is -0.800. The van der Waals surface area contributed by atoms with Gasteiger partial charge in [-0.2, -0.15) is 0 Å². The van der Waals surface area contributed by atoms with E-state index in [0.717, 1.165) is 12.4 Å². The highest BCUT2D eigenvalue weighted by Gasteiger charge is 2.26. The number of hydrogen-bond acceptors (Lipinski definition) is 3. The number of rotatable bonds is 2. The van der Waals surface area contributed by atoms with Crippen LogP contribution >= 0.6 is 11.6 Å². The molecule has 88 valence electrons. The van der Waals surface area contributed by atoms with Crippen LogP contribution in [0.4, 0.5) is 5.82 Å². The van der Waals surface area contributed by atoms with Crippen LogP contribution in [0.25, 0.3) is 0 Å². The van der Waals surface area contributed by atoms with Crippen LogP contribution in [0.5, 0.6) is 0 Å². The summed E-state index contributed by atoms with van der Waals surface area (Å²) in [5, 5.41) is 0. The molecule has 0 radical (unpaired) electrons. The van der Waals surface area contributed by atoms with Crippen molar-refractivity contribution in [1.29, 1.82) is 0 Å². The molecule has 1 fully saturated rings. The van der Waals surface area contributed by atoms with E-state index in [2.05, 4.69) is 28.9 Å². The van der Waals surface area contributed by atoms with E-state index in [9.17, 15) is 0 Å². The van der Waals surface area contributed by atoms with Crippen molar-refractivity contribution >= 4 is 17.4 Å². The molecule has 2 rings (SSSR count). The van der Waals surface area contributed by atoms with Crippen molar-refractivity contribution in [2.75, 3.05) is 23.9 Å². The molecule has 1 aliphatic heterocycles. The number of alkyl halides is 1. The lowest BCUT2D eigenvalue weighted by Crippen LogP contribution is -2.49. The highest BCUT2D eigenvalue weighted by atomic mass is 35.5. The largest absolute Gasteiger partial charge is 0.373 e. The summed E-state index contributed by atoms with van der Waals surface area (Å²) in [6.07, 6.45) is 2.01. The molecular weight excluding hydrogens is 224 g/mol. The number of morpholine rings is 1. The SMILES string of the molecule is Cc1ccc(N2CC(CCl)OCC2C)nc1. The van der Waals surface area contributed by atoms with Crippen molar-refractivity contribution in [1.82, 2.24) is 4.98 Å². The zero-order chi connectivity index (χ0) is 11.5. The Morgan fingerprint density at radius 2 is 2.38 bits per heavy atom. The van der Waals surface area contributed by atoms with Gasteiger partial charge in [0.15, 0.2) is 0 Å². The van der Waals surface area contributed by atoms with Gasteiger partial charge in [0.1, 0.15) is 5.82 Å². The minimum Gasteiger partial charge on any atom is -0.373 e. The summed E-state index contributed by atoms with van der Waals surface area (Å²) < 4.78 is 5.61. The topological polar surface area (TPSA) is 25.4 Å². The van der Waals surface area contributed by atoms with E-state index in [1.54, 1.807) is 0 Å². The predicted molar refractivity (Wildman–Crippen MR) is 66.2 cm³/mol. The predicted octanol–water partition coefficient (Wildman–Crippen LogP) is 2.22. The zero-order valence-corrected chi connectivity index (χ0v) is 10.4. The van der Waals surface area contributed by atoms with Gasteiger partial charge in [0.05, 0.1) is 24.6 Å². The number of hydrogen-bond donors (Lipinski definition) is 0. The second kappa shape index (κ2) is 5.02. The van der Waals surface area contributed by atoms with Gasteiger partial charge in [-0.15, -0.1) is 11.6 Å². The Labute approximate surface area is 101 Å². The first kappa shape index (κ1) is 11.7. The molecule has 0 amide bonds. The zero-order valence-electron chi connectivity index (χ0n) is 9.69. The molecule has 4 heteroatoms. The van der Waals surface area contributed by atoms with Crippen LogP contribution in [0.1, 0.15) is 12.5 Å². The van der Waals surface area contributed by atoms with E-state index in [4.69, 9.17) is 16.3 Å². The third-order valence-corrected chi connectivity index (χ3v) is 3.21. The standard InChI is InChI=1S/C12H17ClN2O/c1-9-3-4-12(14-6-9)15-7-11(5-13)16-8-10(15)2/h3-4,6,10-11H,5,7-8H2,1-2H3. The second-order valence-corrected chi connectivity index (χ2v) is 4.61. The van der Waals surface area contributed by atoms with Crippen LogP contribution < -0.4 is 4.90 Å². The Morgan fingerprint density at radius 1 is 1.56 bits per heavy atom. The third-order valence-electron chi connectivity index (χ3n) is 2.87. The number of pyridine rings is 1. The van der Waals surface area contributed by atoms with Crippen molar-refractivity contribution < 1.29 is 4.74 Å². The summed E-state index contributed by atoms with van der Waals surface area (Å²) >= 11 is 5.83. The van der Waals surface area contributed by atoms with Gasteiger partial charge in [0, 0.05) is 12.7 Å². The van der Waals surface area contributed by atoms with Crippen LogP contribution in [0.3, 0.4) is 0 Å². The molecule has 1 aliphatic rings. The Morgan fingerprint density at radius 3 is 3.00 bits per heavy atom. The summed E-state index contributed by atoms with van der Waals surface area (Å²) in [7, 11) is 0. The molecule has 0 saturated carbocycles. The molecule has 2 unspecified atom stereocenters. The van der Waals surface area contributed by atoms with Crippen LogP contribution in [0.15, 0.2) is 18.3 Å². The highest BCUT2D eigenvalue weighted by molar-refractivity contribution is 6.18. The normalized spacial score (nSPS) is 25.8. The molecule has 0 spiro atoms. The van der Waals surface area contributed by atoms with Gasteiger partial charge >= 0.3 is 0 Å². The van der Waals surface area contributed by atoms with Gasteiger partial charge in [0.2, 0.25) is 0 Å². The summed E-state index contributed by atoms with van der Waals surface area (Å²) in [6.45, 7) is 5.72. The van der Waals surface area contributed by atoms with Gasteiger partial charge < -0.3 is 9.64 Å². The first-order chi connectivity index (χ1) is 7.70. The number of halogens is 1. The Bertz CT molecular complexity index is 341. The fourth-order valence-electron chi connectivity index (χ4n) is 1.86. The average molecular weight is 241 g/mol. The van der Waals surface area contributed by atoms with Crippen LogP contribution in [0, 0.1) is 6.92 Å². The van der Waals surface area contributed by atoms with E-state index in [0.29, 0.717) is 18.5 Å². The Balaban J connectivity index is 2.14. The first-order valence-electron chi connectivity index (χ1n) is 5.57. The fourth-order valence-corrected chi connectivity index (χ4v) is 2.05. The summed E-state index contributed by atoms with van der Waals surface area (Å²) in [5.74, 6) is 1.55. The van der Waals surface area contributed by atoms with Gasteiger partial charge in [-0.1, -0.05) is 6.07 Å². The average Bonchev–Trinajstić information content (AvgIpc) is 2.31. The lowest BCUT2D eigenvalue weighted by molar-refractivity contribution is 0.0361. The first-order valence-corrected chi connectivity index (χ1v) is 6.11. The monoisotopic (exact) mass is 240 g/mol. The summed E-state index contributed by atoms with van der Waals surface area (Å²) in [5.41, 5.74) is 1.18. The number of ether oxygens (including phenoxy) is 1. The third kappa shape index (κ3) is 2.47. The molecule has 1 saturated heterocycles. The Kier molecular flexibility index (Phi) is 3.66. The van der Waals surface area contributed by atoms with Gasteiger partial charge in [-0.3, -0.25) is 0 Å². The van der Waals surface area contributed by atoms with E-state index in [1.807, 2.05) is 13.1 Å². The maximum absolute atomic E-state index is 5.83. The minimum absolute atomic E-state index is 0.112. The van der Waals surface area contributed by atoms with E-state index >= 15 is 0 Å². The molecule has 3 nitrogen and oxygen atoms in total. The molecule has 0 bridgehead atoms. The van der Waals surface area contributed by atoms with E-state index < -0.39 is 0 Å². The lowest BCUT2D eigenvalue weighted by atomic mass is 10.2. The van der Waals surface area contributed by atoms with Crippen LogP contribution in [-0.2, 0) is 4.74 Å². The van der Waals surface area contributed by atoms with E-state index in [-0.39, 0.29) is 6.10 Å². The van der Waals surface area contributed by atoms with Crippen molar-refractivity contribution in [3.63, 3.8) is 0 Å². The van der Waals surface area contributed by atoms with Crippen molar-refractivity contribution in [2.45, 2.75) is 26.0 Å². The highest BCUT2D eigenvalue weighted by Crippen LogP contribution is 2.20. The molecule has 16 heavy (non-hydrogen) atoms. The number of anilines is 1. The van der Waals surface area contributed by atoms with Crippen LogP contribution in [0.2, 0.25) is 0 Å². The van der Waals surface area contributed by atoms with Crippen molar-refractivity contribution in [3.8, 4) is 0 Å². The second-order valence-electron chi connectivity index (χ2n) is 4.30. The van der Waals surface area contributed by atoms with Gasteiger partial charge in [0.25, 0.3) is 0 Å². The number of aryl methyl sites for hydroxylation is 1. The molecule has 0 aliphatic carbocycles. The van der Waals surface area contributed by atoms with E-state index in [1.165, 1.54) is 5.56 Å². The molecule has 1 aromatic rings. The molecule has 0 N–H and O–H groups in total. The number of aromatic nitrogens is 1.